The molecule has 2 N–H and O–H groups in total. The van der Waals surface area contributed by atoms with E-state index in [9.17, 15) is 14.4 Å². The molecule has 0 aliphatic heterocycles. The summed E-state index contributed by atoms with van der Waals surface area (Å²) in [5, 5.41) is 5.75. The number of hydrogen-bond donors (Lipinski definition) is 2. The van der Waals surface area contributed by atoms with Gasteiger partial charge in [0.2, 0.25) is 5.91 Å². The number of benzene rings is 1. The minimum Gasteiger partial charge on any atom is -0.338 e. The standard InChI is InChI=1S/C16H20N4O3S/c1-3-9-20-14(22)11-7-5-6-8-12(11)18-16(20)24-10-13(21)19-15(23)17-4-2/h5-8H,3-4,9-10H2,1-2H3,(H2,17,19,21,23). The molecule has 1 aromatic carbocycles. The van der Waals surface area contributed by atoms with E-state index in [-0.39, 0.29) is 11.3 Å². The smallest absolute Gasteiger partial charge is 0.321 e. The van der Waals surface area contributed by atoms with E-state index >= 15 is 0 Å². The molecule has 0 aliphatic rings. The Hall–Kier alpha value is -2.35. The van der Waals surface area contributed by atoms with Crippen LogP contribution >= 0.6 is 11.8 Å². The number of rotatable bonds is 6. The number of fused-ring (bicyclic) bond motifs is 1. The summed E-state index contributed by atoms with van der Waals surface area (Å²) >= 11 is 1.14. The van der Waals surface area contributed by atoms with Gasteiger partial charge in [0.1, 0.15) is 0 Å². The zero-order chi connectivity index (χ0) is 17.5. The van der Waals surface area contributed by atoms with E-state index in [1.807, 2.05) is 13.0 Å². The lowest BCUT2D eigenvalue weighted by Crippen LogP contribution is -2.40. The molecule has 0 spiro atoms. The van der Waals surface area contributed by atoms with E-state index in [0.29, 0.717) is 29.1 Å². The van der Waals surface area contributed by atoms with Gasteiger partial charge in [-0.05, 0) is 25.5 Å². The van der Waals surface area contributed by atoms with Crippen LogP contribution in [0.25, 0.3) is 10.9 Å². The number of nitrogens with zero attached hydrogens (tertiary/aromatic N) is 2. The molecule has 7 nitrogen and oxygen atoms in total. The van der Waals surface area contributed by atoms with Crippen molar-refractivity contribution >= 4 is 34.6 Å². The van der Waals surface area contributed by atoms with Gasteiger partial charge in [0, 0.05) is 13.1 Å². The molecule has 0 radical (unpaired) electrons. The molecule has 0 saturated heterocycles. The molecular weight excluding hydrogens is 328 g/mol. The molecule has 0 aliphatic carbocycles. The predicted octanol–water partition coefficient (Wildman–Crippen LogP) is 1.74. The SMILES string of the molecule is CCCn1c(SCC(=O)NC(=O)NCC)nc2ccccc2c1=O. The molecule has 2 aromatic rings. The van der Waals surface area contributed by atoms with Crippen molar-refractivity contribution in [2.24, 2.45) is 0 Å². The third kappa shape index (κ3) is 4.35. The van der Waals surface area contributed by atoms with E-state index in [4.69, 9.17) is 0 Å². The molecule has 0 saturated carbocycles. The lowest BCUT2D eigenvalue weighted by atomic mass is 10.2. The van der Waals surface area contributed by atoms with E-state index in [1.54, 1.807) is 29.7 Å². The van der Waals surface area contributed by atoms with Crippen LogP contribution in [0, 0.1) is 0 Å². The normalized spacial score (nSPS) is 10.6. The maximum absolute atomic E-state index is 12.6. The minimum atomic E-state index is -0.527. The Balaban J connectivity index is 2.21. The maximum atomic E-state index is 12.6. The van der Waals surface area contributed by atoms with Gasteiger partial charge in [0.05, 0.1) is 16.7 Å². The van der Waals surface area contributed by atoms with Gasteiger partial charge < -0.3 is 5.32 Å². The second-order valence-corrected chi connectivity index (χ2v) is 6.01. The van der Waals surface area contributed by atoms with E-state index in [0.717, 1.165) is 18.2 Å². The fourth-order valence-corrected chi connectivity index (χ4v) is 3.00. The van der Waals surface area contributed by atoms with Crippen LogP contribution in [0.1, 0.15) is 20.3 Å². The van der Waals surface area contributed by atoms with Crippen molar-refractivity contribution in [2.45, 2.75) is 32.0 Å². The third-order valence-corrected chi connectivity index (χ3v) is 4.17. The number of thioether (sulfide) groups is 1. The van der Waals surface area contributed by atoms with Gasteiger partial charge in [-0.1, -0.05) is 30.8 Å². The number of carbonyl (C=O) groups is 2. The summed E-state index contributed by atoms with van der Waals surface area (Å²) in [6.07, 6.45) is 0.776. The number of para-hydroxylation sites is 1. The fraction of sp³-hybridized carbons (Fsp3) is 0.375. The van der Waals surface area contributed by atoms with Crippen molar-refractivity contribution in [1.82, 2.24) is 20.2 Å². The molecule has 8 heteroatoms. The Kier molecular flexibility index (Phi) is 6.36. The predicted molar refractivity (Wildman–Crippen MR) is 94.2 cm³/mol. The molecule has 1 aromatic heterocycles. The zero-order valence-corrected chi connectivity index (χ0v) is 14.5. The molecule has 2 rings (SSSR count). The van der Waals surface area contributed by atoms with Crippen LogP contribution in [0.2, 0.25) is 0 Å². The molecule has 3 amide bonds. The van der Waals surface area contributed by atoms with Crippen LogP contribution in [-0.2, 0) is 11.3 Å². The first-order valence-corrected chi connectivity index (χ1v) is 8.75. The number of imide groups is 1. The number of amides is 3. The molecular formula is C16H20N4O3S. The first kappa shape index (κ1) is 18.0. The largest absolute Gasteiger partial charge is 0.338 e. The van der Waals surface area contributed by atoms with Crippen molar-refractivity contribution in [3.05, 3.63) is 34.6 Å². The molecule has 128 valence electrons. The summed E-state index contributed by atoms with van der Waals surface area (Å²) in [5.74, 6) is -0.428. The average molecular weight is 348 g/mol. The first-order valence-electron chi connectivity index (χ1n) is 7.76. The van der Waals surface area contributed by atoms with Crippen molar-refractivity contribution < 1.29 is 9.59 Å². The van der Waals surface area contributed by atoms with Gasteiger partial charge in [0.25, 0.3) is 5.56 Å². The third-order valence-electron chi connectivity index (χ3n) is 3.20. The second-order valence-electron chi connectivity index (χ2n) is 5.06. The number of aromatic nitrogens is 2. The zero-order valence-electron chi connectivity index (χ0n) is 13.7. The topological polar surface area (TPSA) is 93.1 Å². The lowest BCUT2D eigenvalue weighted by molar-refractivity contribution is -0.117. The second kappa shape index (κ2) is 8.49. The molecule has 0 bridgehead atoms. The van der Waals surface area contributed by atoms with Crippen LogP contribution in [0.5, 0.6) is 0 Å². The summed E-state index contributed by atoms with van der Waals surface area (Å²) in [6.45, 7) is 4.70. The monoisotopic (exact) mass is 348 g/mol. The van der Waals surface area contributed by atoms with Gasteiger partial charge in [0.15, 0.2) is 5.16 Å². The Morgan fingerprint density at radius 3 is 2.71 bits per heavy atom. The van der Waals surface area contributed by atoms with Gasteiger partial charge in [-0.2, -0.15) is 0 Å². The minimum absolute atomic E-state index is 0.00558. The average Bonchev–Trinajstić information content (AvgIpc) is 2.56. The van der Waals surface area contributed by atoms with Crippen LogP contribution in [-0.4, -0.2) is 33.8 Å². The van der Waals surface area contributed by atoms with Crippen LogP contribution < -0.4 is 16.2 Å². The quantitative estimate of drug-likeness (QED) is 0.613. The lowest BCUT2D eigenvalue weighted by Gasteiger charge is -2.12. The van der Waals surface area contributed by atoms with E-state index in [2.05, 4.69) is 15.6 Å². The van der Waals surface area contributed by atoms with Crippen LogP contribution in [0.4, 0.5) is 4.79 Å². The van der Waals surface area contributed by atoms with Gasteiger partial charge >= 0.3 is 6.03 Å². The number of hydrogen-bond acceptors (Lipinski definition) is 5. The van der Waals surface area contributed by atoms with Gasteiger partial charge in [-0.25, -0.2) is 9.78 Å². The summed E-state index contributed by atoms with van der Waals surface area (Å²) in [7, 11) is 0. The first-order chi connectivity index (χ1) is 11.6. The summed E-state index contributed by atoms with van der Waals surface area (Å²) in [4.78, 5) is 40.2. The van der Waals surface area contributed by atoms with Crippen LogP contribution in [0.15, 0.2) is 34.2 Å². The van der Waals surface area contributed by atoms with Crippen molar-refractivity contribution in [1.29, 1.82) is 0 Å². The van der Waals surface area contributed by atoms with Crippen molar-refractivity contribution in [3.63, 3.8) is 0 Å². The highest BCUT2D eigenvalue weighted by Crippen LogP contribution is 2.17. The summed E-state index contributed by atoms with van der Waals surface area (Å²) in [6, 6.07) is 6.60. The number of nitrogens with one attached hydrogen (secondary N) is 2. The Labute approximate surface area is 143 Å². The highest BCUT2D eigenvalue weighted by atomic mass is 32.2. The Morgan fingerprint density at radius 1 is 1.25 bits per heavy atom. The fourth-order valence-electron chi connectivity index (χ4n) is 2.18. The summed E-state index contributed by atoms with van der Waals surface area (Å²) in [5.41, 5.74) is 0.482. The van der Waals surface area contributed by atoms with Gasteiger partial charge in [-0.15, -0.1) is 0 Å². The Bertz CT molecular complexity index is 803. The molecule has 0 unspecified atom stereocenters. The molecule has 1 heterocycles. The van der Waals surface area contributed by atoms with Crippen molar-refractivity contribution in [2.75, 3.05) is 12.3 Å². The molecule has 0 fully saturated rings. The number of urea groups is 1. The van der Waals surface area contributed by atoms with E-state index < -0.39 is 11.9 Å². The molecule has 0 atom stereocenters. The molecule has 24 heavy (non-hydrogen) atoms. The van der Waals surface area contributed by atoms with E-state index in [1.165, 1.54) is 0 Å². The highest BCUT2D eigenvalue weighted by Gasteiger charge is 2.13. The number of carbonyl (C=O) groups excluding carboxylic acids is 2. The maximum Gasteiger partial charge on any atom is 0.321 e. The van der Waals surface area contributed by atoms with Crippen molar-refractivity contribution in [3.8, 4) is 0 Å². The summed E-state index contributed by atoms with van der Waals surface area (Å²) < 4.78 is 1.58. The van der Waals surface area contributed by atoms with Crippen LogP contribution in [0.3, 0.4) is 0 Å². The highest BCUT2D eigenvalue weighted by molar-refractivity contribution is 7.99. The Morgan fingerprint density at radius 2 is 2.00 bits per heavy atom. The van der Waals surface area contributed by atoms with Gasteiger partial charge in [-0.3, -0.25) is 19.5 Å².